The molecule has 0 saturated heterocycles. The fourth-order valence-corrected chi connectivity index (χ4v) is 5.34. The molecule has 0 unspecified atom stereocenters. The van der Waals surface area contributed by atoms with E-state index in [1.807, 2.05) is 301 Å². The molecule has 0 aliphatic rings. The van der Waals surface area contributed by atoms with E-state index in [4.69, 9.17) is 0 Å². The van der Waals surface area contributed by atoms with Crippen LogP contribution in [-0.2, 0) is 167 Å². The molecule has 8 heterocycles. The summed E-state index contributed by atoms with van der Waals surface area (Å²) in [5.41, 5.74) is 9.74. The third-order valence-electron chi connectivity index (χ3n) is 7.72. The predicted octanol–water partition coefficient (Wildman–Crippen LogP) is 31.7. The molecule has 0 bridgehead atoms. The Morgan fingerprint density at radius 1 is 0.224 bits per heavy atom. The predicted molar refractivity (Wildman–Crippen MR) is 473 cm³/mol. The van der Waals surface area contributed by atoms with Crippen molar-refractivity contribution in [1.82, 2.24) is 44.9 Å². The van der Waals surface area contributed by atoms with Gasteiger partial charge in [0.15, 0.2) is 0 Å². The second-order valence-corrected chi connectivity index (χ2v) is 15.8. The van der Waals surface area contributed by atoms with Gasteiger partial charge in [-0.1, -0.05) is 279 Å². The molecular weight excluding hydrogens is 1690 g/mol. The zero-order chi connectivity index (χ0) is 72.3. The first-order valence-electron chi connectivity index (χ1n) is 33.2. The summed E-state index contributed by atoms with van der Waals surface area (Å²) in [6.07, 6.45) is 20.8. The molecule has 8 aromatic heterocycles. The molecule has 0 spiro atoms. The fourth-order valence-electron chi connectivity index (χ4n) is 3.88. The Morgan fingerprint density at radius 3 is 0.626 bits per heavy atom. The van der Waals surface area contributed by atoms with E-state index in [2.05, 4.69) is 115 Å². The summed E-state index contributed by atoms with van der Waals surface area (Å²) in [6.45, 7) is 74.4. The van der Waals surface area contributed by atoms with E-state index in [0.29, 0.717) is 0 Å². The van der Waals surface area contributed by atoms with Crippen LogP contribution in [0.15, 0.2) is 182 Å². The molecule has 0 amide bonds. The summed E-state index contributed by atoms with van der Waals surface area (Å²) in [7, 11) is 0. The normalized spacial score (nSPS) is 5.95. The van der Waals surface area contributed by atoms with Gasteiger partial charge in [-0.15, -0.1) is 22.7 Å². The van der Waals surface area contributed by atoms with Crippen molar-refractivity contribution < 1.29 is 167 Å². The minimum absolute atomic E-state index is 0. The van der Waals surface area contributed by atoms with Crippen LogP contribution in [0.2, 0.25) is 0 Å². The quantitative estimate of drug-likeness (QED) is 0.137. The first-order chi connectivity index (χ1) is 43.4. The number of aromatic nitrogens is 9. The van der Waals surface area contributed by atoms with Gasteiger partial charge in [0.1, 0.15) is 18.5 Å². The van der Waals surface area contributed by atoms with Crippen LogP contribution in [0.5, 0.6) is 0 Å². The SMILES string of the molecule is C.C.C.C.C.C.CC.CC.CC.CC.CC.CC.CC.CC.CC.CC.CC.CC.CC.Cc1ccccc1.Cc1ccccn1.Cc1cccnc1.Cc1cccnc1.Cc1ccncn1.Cc1ccsc1C.Cc1ccsc1C.Cc1cncnc1.Cc1ncccn1.[CH3-].[CH3-].[CH3-].[V].[V].[V].[V].[V].[V].[V].[V].[V]. The molecule has 0 fully saturated rings. The van der Waals surface area contributed by atoms with Gasteiger partial charge >= 0.3 is 0 Å². The summed E-state index contributed by atoms with van der Waals surface area (Å²) in [4.78, 5) is 37.5. The van der Waals surface area contributed by atoms with Gasteiger partial charge in [0, 0.05) is 250 Å². The Morgan fingerprint density at radius 2 is 0.505 bits per heavy atom. The summed E-state index contributed by atoms with van der Waals surface area (Å²) >= 11 is 3.61. The van der Waals surface area contributed by atoms with Crippen LogP contribution in [0.25, 0.3) is 0 Å². The van der Waals surface area contributed by atoms with Crippen LogP contribution >= 0.6 is 22.7 Å². The number of nitrogens with zero attached hydrogens (tertiary/aromatic N) is 9. The third kappa shape index (κ3) is 198. The monoisotopic (exact) mass is 1870 g/mol. The summed E-state index contributed by atoms with van der Waals surface area (Å²) < 4.78 is 0. The molecule has 9 nitrogen and oxygen atoms in total. The van der Waals surface area contributed by atoms with Crippen LogP contribution in [0.1, 0.15) is 285 Å². The van der Waals surface area contributed by atoms with E-state index in [1.165, 1.54) is 50.2 Å². The Hall–Kier alpha value is -1.43. The Kier molecular flexibility index (Phi) is 413. The van der Waals surface area contributed by atoms with Gasteiger partial charge in [-0.2, -0.15) is 0 Å². The van der Waals surface area contributed by atoms with Gasteiger partial charge < -0.3 is 22.3 Å². The maximum absolute atomic E-state index is 3.98. The van der Waals surface area contributed by atoms with E-state index in [-0.39, 0.29) is 234 Å². The van der Waals surface area contributed by atoms with Gasteiger partial charge in [-0.3, -0.25) is 15.0 Å². The number of benzene rings is 1. The fraction of sp³-hybridized carbons (Fsp3) is 0.494. The van der Waals surface area contributed by atoms with Gasteiger partial charge in [0.25, 0.3) is 0 Å². The largest absolute Gasteiger partial charge is 0.358 e. The molecule has 0 aliphatic heterocycles. The molecule has 9 radical (unpaired) electrons. The van der Waals surface area contributed by atoms with E-state index in [1.54, 1.807) is 78.3 Å². The first-order valence-corrected chi connectivity index (χ1v) is 34.9. The number of hydrogen-bond acceptors (Lipinski definition) is 11. The maximum atomic E-state index is 3.98. The first kappa shape index (κ1) is 208. The number of aryl methyl sites for hydroxylation is 11. The number of rotatable bonds is 0. The molecule has 0 N–H and O–H groups in total. The molecule has 627 valence electrons. The Labute approximate surface area is 791 Å². The maximum Gasteiger partial charge on any atom is 0.125 e. The molecule has 9 rings (SSSR count). The number of hydrogen-bond donors (Lipinski definition) is 0. The minimum atomic E-state index is 0. The van der Waals surface area contributed by atoms with E-state index in [9.17, 15) is 0 Å². The van der Waals surface area contributed by atoms with E-state index >= 15 is 0 Å². The Balaban J connectivity index is -0.0000000198. The average Bonchev–Trinajstić information content (AvgIpc) is 1.91. The molecule has 9 aromatic rings. The topological polar surface area (TPSA) is 116 Å². The van der Waals surface area contributed by atoms with Gasteiger partial charge in [-0.05, 0) is 163 Å². The Bertz CT molecular complexity index is 1940. The summed E-state index contributed by atoms with van der Waals surface area (Å²) in [6, 6.07) is 31.9. The molecule has 1 aromatic carbocycles. The summed E-state index contributed by atoms with van der Waals surface area (Å²) in [5.74, 6) is 0.822. The van der Waals surface area contributed by atoms with E-state index < -0.39 is 0 Å². The smallest absolute Gasteiger partial charge is 0.125 e. The second kappa shape index (κ2) is 213. The van der Waals surface area contributed by atoms with Crippen molar-refractivity contribution in [1.29, 1.82) is 0 Å². The van der Waals surface area contributed by atoms with Crippen LogP contribution < -0.4 is 0 Å². The molecule has 0 aliphatic carbocycles. The van der Waals surface area contributed by atoms with Crippen molar-refractivity contribution in [2.24, 2.45) is 0 Å². The molecular formula is C87H174N9S2V9-3. The third-order valence-corrected chi connectivity index (χ3v) is 9.62. The summed E-state index contributed by atoms with van der Waals surface area (Å²) in [5, 5.41) is 4.23. The number of thiophene rings is 2. The van der Waals surface area contributed by atoms with Crippen molar-refractivity contribution in [3.05, 3.63) is 265 Å². The molecule has 0 atom stereocenters. The van der Waals surface area contributed by atoms with Crippen LogP contribution in [0, 0.1) is 98.4 Å². The second-order valence-electron chi connectivity index (χ2n) is 13.6. The standard InChI is InChI=1S/C7H8.3C6H7N.2C6H8S.3C5H6N2.13C2H6.6CH4.3CH3.9V/c1-7-5-3-2-4-6-7;2*1-6-3-2-4-7-5-6;1-6-4-2-3-5-7-6;2*1-5-3-4-7-6(5)2;1-5-2-6-4-7-3-5;1-5-2-3-6-4-7-5;1-5-6-3-2-4-7-5;13*1-2;;;;;;;;;;;;;;;;;;/h2-6H,1H3;3*2-5H,1H3;2*3-4H,1-2H3;3*2-4H,1H3;13*1-2H3;6*1H4;3*1H3;;;;;;;;;/q;;;;;;;;;;;;;;;;;;;;;;;;;;;;3*-1;;;;;;;;;. The van der Waals surface area contributed by atoms with Crippen LogP contribution in [-0.4, -0.2) is 44.9 Å². The van der Waals surface area contributed by atoms with Crippen molar-refractivity contribution >= 4 is 22.7 Å². The molecule has 0 saturated carbocycles. The zero-order valence-electron chi connectivity index (χ0n) is 71.7. The molecule has 107 heavy (non-hydrogen) atoms. The van der Waals surface area contributed by atoms with E-state index in [0.717, 1.165) is 22.8 Å². The van der Waals surface area contributed by atoms with Gasteiger partial charge in [0.05, 0.1) is 0 Å². The van der Waals surface area contributed by atoms with Crippen molar-refractivity contribution in [2.75, 3.05) is 0 Å². The minimum Gasteiger partial charge on any atom is -0.358 e. The average molecular weight is 1870 g/mol. The molecule has 20 heteroatoms. The van der Waals surface area contributed by atoms with Gasteiger partial charge in [0.2, 0.25) is 0 Å². The van der Waals surface area contributed by atoms with Crippen molar-refractivity contribution in [2.45, 2.75) is 301 Å². The number of pyridine rings is 3. The van der Waals surface area contributed by atoms with Crippen LogP contribution in [0.4, 0.5) is 0 Å². The van der Waals surface area contributed by atoms with Crippen molar-refractivity contribution in [3.8, 4) is 0 Å². The van der Waals surface area contributed by atoms with Gasteiger partial charge in [-0.25, -0.2) is 29.9 Å². The van der Waals surface area contributed by atoms with Crippen molar-refractivity contribution in [3.63, 3.8) is 0 Å². The zero-order valence-corrected chi connectivity index (χ0v) is 85.9. The van der Waals surface area contributed by atoms with Crippen LogP contribution in [0.3, 0.4) is 0 Å².